The third-order valence-corrected chi connectivity index (χ3v) is 3.47. The van der Waals surface area contributed by atoms with Crippen LogP contribution < -0.4 is 11.1 Å². The van der Waals surface area contributed by atoms with Crippen LogP contribution >= 0.6 is 0 Å². The van der Waals surface area contributed by atoms with E-state index in [2.05, 4.69) is 31.3 Å². The van der Waals surface area contributed by atoms with E-state index in [4.69, 9.17) is 5.73 Å². The molecule has 0 fully saturated rings. The van der Waals surface area contributed by atoms with Crippen LogP contribution in [-0.4, -0.2) is 19.0 Å². The molecule has 1 amide bonds. The van der Waals surface area contributed by atoms with E-state index in [0.717, 1.165) is 36.1 Å². The lowest BCUT2D eigenvalue weighted by Gasteiger charge is -2.12. The summed E-state index contributed by atoms with van der Waals surface area (Å²) < 4.78 is 0. The maximum absolute atomic E-state index is 12.2. The minimum absolute atomic E-state index is 0.0374. The second-order valence-corrected chi connectivity index (χ2v) is 5.51. The molecule has 3 nitrogen and oxygen atoms in total. The van der Waals surface area contributed by atoms with E-state index < -0.39 is 0 Å². The molecule has 0 bridgehead atoms. The van der Waals surface area contributed by atoms with Crippen molar-refractivity contribution in [2.75, 3.05) is 13.1 Å². The molecule has 0 aliphatic carbocycles. The Labute approximate surface area is 116 Å². The number of benzene rings is 1. The second kappa shape index (κ2) is 7.29. The maximum atomic E-state index is 12.2. The van der Waals surface area contributed by atoms with Gasteiger partial charge < -0.3 is 11.1 Å². The maximum Gasteiger partial charge on any atom is 0.251 e. The predicted octanol–water partition coefficient (Wildman–Crippen LogP) is 2.72. The van der Waals surface area contributed by atoms with Crippen LogP contribution in [0, 0.1) is 26.7 Å². The minimum atomic E-state index is 0.0374. The normalized spacial score (nSPS) is 12.3. The fraction of sp³-hybridized carbons (Fsp3) is 0.562. The van der Waals surface area contributed by atoms with Crippen molar-refractivity contribution in [2.45, 2.75) is 40.5 Å². The average Bonchev–Trinajstić information content (AvgIpc) is 2.33. The zero-order valence-electron chi connectivity index (χ0n) is 12.5. The Kier molecular flexibility index (Phi) is 6.03. The lowest BCUT2D eigenvalue weighted by Crippen LogP contribution is -2.26. The molecule has 106 valence electrons. The first-order chi connectivity index (χ1) is 8.95. The SMILES string of the molecule is Cc1cc(C)c(C(=O)NCCCC(C)CN)c(C)c1. The van der Waals surface area contributed by atoms with Gasteiger partial charge >= 0.3 is 0 Å². The molecule has 3 N–H and O–H groups in total. The Morgan fingerprint density at radius 1 is 1.26 bits per heavy atom. The molecule has 1 atom stereocenters. The number of carbonyl (C=O) groups excluding carboxylic acids is 1. The molecule has 0 spiro atoms. The molecule has 1 unspecified atom stereocenters. The van der Waals surface area contributed by atoms with Crippen LogP contribution in [0.5, 0.6) is 0 Å². The van der Waals surface area contributed by atoms with Gasteiger partial charge in [0.2, 0.25) is 0 Å². The van der Waals surface area contributed by atoms with Crippen LogP contribution in [0.1, 0.15) is 46.8 Å². The van der Waals surface area contributed by atoms with Gasteiger partial charge in [-0.1, -0.05) is 24.6 Å². The summed E-state index contributed by atoms with van der Waals surface area (Å²) >= 11 is 0. The van der Waals surface area contributed by atoms with Crippen molar-refractivity contribution in [3.63, 3.8) is 0 Å². The summed E-state index contributed by atoms with van der Waals surface area (Å²) in [6.45, 7) is 9.60. The topological polar surface area (TPSA) is 55.1 Å². The Hall–Kier alpha value is -1.35. The smallest absolute Gasteiger partial charge is 0.251 e. The summed E-state index contributed by atoms with van der Waals surface area (Å²) in [5.41, 5.74) is 9.68. The molecule has 1 rings (SSSR count). The highest BCUT2D eigenvalue weighted by Crippen LogP contribution is 2.16. The molecule has 1 aromatic carbocycles. The third-order valence-electron chi connectivity index (χ3n) is 3.47. The molecule has 0 saturated carbocycles. The number of nitrogens with one attached hydrogen (secondary N) is 1. The highest BCUT2D eigenvalue weighted by atomic mass is 16.1. The summed E-state index contributed by atoms with van der Waals surface area (Å²) in [5, 5.41) is 3.00. The van der Waals surface area contributed by atoms with E-state index in [0.29, 0.717) is 12.5 Å². The monoisotopic (exact) mass is 262 g/mol. The predicted molar refractivity (Wildman–Crippen MR) is 80.4 cm³/mol. The molecule has 0 radical (unpaired) electrons. The van der Waals surface area contributed by atoms with E-state index in [9.17, 15) is 4.79 Å². The molecule has 0 aliphatic heterocycles. The van der Waals surface area contributed by atoms with Crippen LogP contribution in [0.15, 0.2) is 12.1 Å². The van der Waals surface area contributed by atoms with Crippen LogP contribution in [0.25, 0.3) is 0 Å². The van der Waals surface area contributed by atoms with Crippen molar-refractivity contribution in [1.82, 2.24) is 5.32 Å². The first-order valence-corrected chi connectivity index (χ1v) is 7.01. The third kappa shape index (κ3) is 4.67. The molecule has 0 aliphatic rings. The zero-order valence-corrected chi connectivity index (χ0v) is 12.5. The fourth-order valence-electron chi connectivity index (χ4n) is 2.40. The second-order valence-electron chi connectivity index (χ2n) is 5.51. The molecular formula is C16H26N2O. The van der Waals surface area contributed by atoms with E-state index in [1.54, 1.807) is 0 Å². The average molecular weight is 262 g/mol. The zero-order chi connectivity index (χ0) is 14.4. The number of hydrogen-bond donors (Lipinski definition) is 2. The van der Waals surface area contributed by atoms with Crippen molar-refractivity contribution in [2.24, 2.45) is 11.7 Å². The quantitative estimate of drug-likeness (QED) is 0.774. The number of hydrogen-bond acceptors (Lipinski definition) is 2. The van der Waals surface area contributed by atoms with Gasteiger partial charge in [-0.3, -0.25) is 4.79 Å². The molecular weight excluding hydrogens is 236 g/mol. The van der Waals surface area contributed by atoms with Gasteiger partial charge in [0.15, 0.2) is 0 Å². The van der Waals surface area contributed by atoms with Crippen molar-refractivity contribution >= 4 is 5.91 Å². The van der Waals surface area contributed by atoms with Gasteiger partial charge in [-0.2, -0.15) is 0 Å². The summed E-state index contributed by atoms with van der Waals surface area (Å²) in [6, 6.07) is 4.11. The van der Waals surface area contributed by atoms with Gasteiger partial charge in [-0.05, 0) is 57.2 Å². The van der Waals surface area contributed by atoms with Gasteiger partial charge in [0, 0.05) is 12.1 Å². The Morgan fingerprint density at radius 3 is 2.37 bits per heavy atom. The lowest BCUT2D eigenvalue weighted by molar-refractivity contribution is 0.0951. The number of amides is 1. The van der Waals surface area contributed by atoms with Gasteiger partial charge in [-0.15, -0.1) is 0 Å². The van der Waals surface area contributed by atoms with E-state index in [1.807, 2.05) is 13.8 Å². The summed E-state index contributed by atoms with van der Waals surface area (Å²) in [6.07, 6.45) is 2.04. The number of carbonyl (C=O) groups is 1. The van der Waals surface area contributed by atoms with Crippen molar-refractivity contribution < 1.29 is 4.79 Å². The summed E-state index contributed by atoms with van der Waals surface area (Å²) in [5.74, 6) is 0.565. The van der Waals surface area contributed by atoms with Gasteiger partial charge in [0.05, 0.1) is 0 Å². The van der Waals surface area contributed by atoms with Gasteiger partial charge in [-0.25, -0.2) is 0 Å². The fourth-order valence-corrected chi connectivity index (χ4v) is 2.40. The van der Waals surface area contributed by atoms with Crippen LogP contribution in [-0.2, 0) is 0 Å². The Bertz CT molecular complexity index is 417. The first kappa shape index (κ1) is 15.7. The number of nitrogens with two attached hydrogens (primary N) is 1. The molecule has 1 aromatic rings. The molecule has 19 heavy (non-hydrogen) atoms. The van der Waals surface area contributed by atoms with Crippen molar-refractivity contribution in [3.05, 3.63) is 34.4 Å². The minimum Gasteiger partial charge on any atom is -0.352 e. The van der Waals surface area contributed by atoms with Crippen molar-refractivity contribution in [3.8, 4) is 0 Å². The Morgan fingerprint density at radius 2 is 1.84 bits per heavy atom. The summed E-state index contributed by atoms with van der Waals surface area (Å²) in [7, 11) is 0. The van der Waals surface area contributed by atoms with E-state index in [1.165, 1.54) is 5.56 Å². The van der Waals surface area contributed by atoms with Crippen LogP contribution in [0.3, 0.4) is 0 Å². The standard InChI is InChI=1S/C16H26N2O/c1-11(10-17)6-5-7-18-16(19)15-13(3)8-12(2)9-14(15)4/h8-9,11H,5-7,10,17H2,1-4H3,(H,18,19). The molecule has 0 aromatic heterocycles. The van der Waals surface area contributed by atoms with E-state index in [-0.39, 0.29) is 5.91 Å². The van der Waals surface area contributed by atoms with Gasteiger partial charge in [0.1, 0.15) is 0 Å². The number of aryl methyl sites for hydroxylation is 3. The van der Waals surface area contributed by atoms with Gasteiger partial charge in [0.25, 0.3) is 5.91 Å². The highest BCUT2D eigenvalue weighted by Gasteiger charge is 2.12. The molecule has 3 heteroatoms. The first-order valence-electron chi connectivity index (χ1n) is 7.01. The molecule has 0 saturated heterocycles. The van der Waals surface area contributed by atoms with Crippen LogP contribution in [0.4, 0.5) is 0 Å². The van der Waals surface area contributed by atoms with Crippen molar-refractivity contribution in [1.29, 1.82) is 0 Å². The van der Waals surface area contributed by atoms with E-state index >= 15 is 0 Å². The van der Waals surface area contributed by atoms with Crippen LogP contribution in [0.2, 0.25) is 0 Å². The number of rotatable bonds is 6. The Balaban J connectivity index is 2.55. The molecule has 0 heterocycles. The lowest BCUT2D eigenvalue weighted by atomic mass is 9.99. The summed E-state index contributed by atoms with van der Waals surface area (Å²) in [4.78, 5) is 12.2. The largest absolute Gasteiger partial charge is 0.352 e. The highest BCUT2D eigenvalue weighted by molar-refractivity contribution is 5.97.